The van der Waals surface area contributed by atoms with E-state index in [9.17, 15) is 8.42 Å². The SMILES string of the molecule is CNCC#Cc1ccc(S(N)(=O)=O)c(Cl)c1. The van der Waals surface area contributed by atoms with Gasteiger partial charge in [-0.3, -0.25) is 0 Å². The average molecular weight is 259 g/mol. The molecular weight excluding hydrogens is 248 g/mol. The molecule has 16 heavy (non-hydrogen) atoms. The highest BCUT2D eigenvalue weighted by molar-refractivity contribution is 7.89. The van der Waals surface area contributed by atoms with Gasteiger partial charge in [0.1, 0.15) is 4.90 Å². The Labute approximate surface area is 99.8 Å². The number of sulfonamides is 1. The zero-order valence-electron chi connectivity index (χ0n) is 8.62. The fourth-order valence-electron chi connectivity index (χ4n) is 1.04. The minimum absolute atomic E-state index is 0.0822. The van der Waals surface area contributed by atoms with Gasteiger partial charge in [-0.2, -0.15) is 0 Å². The topological polar surface area (TPSA) is 72.2 Å². The first-order chi connectivity index (χ1) is 7.45. The first-order valence-corrected chi connectivity index (χ1v) is 6.33. The number of halogens is 1. The summed E-state index contributed by atoms with van der Waals surface area (Å²) in [5, 5.41) is 7.92. The minimum Gasteiger partial charge on any atom is -0.309 e. The number of primary sulfonamides is 1. The Kier molecular flexibility index (Phi) is 4.33. The van der Waals surface area contributed by atoms with Crippen LogP contribution in [0.25, 0.3) is 0 Å². The van der Waals surface area contributed by atoms with Crippen LogP contribution in [0.15, 0.2) is 23.1 Å². The van der Waals surface area contributed by atoms with Crippen molar-refractivity contribution in [3.63, 3.8) is 0 Å². The predicted octanol–water partition coefficient (Wildman–Crippen LogP) is 0.558. The first-order valence-electron chi connectivity index (χ1n) is 4.41. The largest absolute Gasteiger partial charge is 0.309 e. The second-order valence-corrected chi connectivity index (χ2v) is 4.96. The third kappa shape index (κ3) is 3.51. The van der Waals surface area contributed by atoms with E-state index in [2.05, 4.69) is 17.2 Å². The van der Waals surface area contributed by atoms with Crippen molar-refractivity contribution in [2.45, 2.75) is 4.90 Å². The van der Waals surface area contributed by atoms with Crippen LogP contribution < -0.4 is 10.5 Å². The van der Waals surface area contributed by atoms with Crippen LogP contribution in [0.1, 0.15) is 5.56 Å². The number of nitrogens with one attached hydrogen (secondary N) is 1. The molecule has 0 fully saturated rings. The van der Waals surface area contributed by atoms with Gasteiger partial charge in [0.2, 0.25) is 10.0 Å². The fraction of sp³-hybridized carbons (Fsp3) is 0.200. The maximum absolute atomic E-state index is 11.1. The molecule has 0 amide bonds. The summed E-state index contributed by atoms with van der Waals surface area (Å²) in [6, 6.07) is 4.39. The summed E-state index contributed by atoms with van der Waals surface area (Å²) in [6.45, 7) is 0.550. The van der Waals surface area contributed by atoms with E-state index in [1.807, 2.05) is 0 Å². The molecule has 1 aromatic carbocycles. The minimum atomic E-state index is -3.77. The van der Waals surface area contributed by atoms with E-state index in [1.54, 1.807) is 13.1 Å². The number of rotatable bonds is 2. The third-order valence-corrected chi connectivity index (χ3v) is 3.13. The summed E-state index contributed by atoms with van der Waals surface area (Å²) in [5.74, 6) is 5.67. The summed E-state index contributed by atoms with van der Waals surface area (Å²) >= 11 is 5.78. The summed E-state index contributed by atoms with van der Waals surface area (Å²) in [7, 11) is -1.98. The number of hydrogen-bond acceptors (Lipinski definition) is 3. The van der Waals surface area contributed by atoms with Crippen LogP contribution in [0.5, 0.6) is 0 Å². The number of hydrogen-bond donors (Lipinski definition) is 2. The zero-order chi connectivity index (χ0) is 12.2. The van der Waals surface area contributed by atoms with Crippen molar-refractivity contribution in [3.8, 4) is 11.8 Å². The molecule has 0 atom stereocenters. The van der Waals surface area contributed by atoms with Crippen LogP contribution in [0, 0.1) is 11.8 Å². The molecule has 0 spiro atoms. The fourth-order valence-corrected chi connectivity index (χ4v) is 2.14. The van der Waals surface area contributed by atoms with Crippen molar-refractivity contribution < 1.29 is 8.42 Å². The van der Waals surface area contributed by atoms with E-state index in [0.29, 0.717) is 12.1 Å². The lowest BCUT2D eigenvalue weighted by Gasteiger charge is -2.01. The van der Waals surface area contributed by atoms with Crippen molar-refractivity contribution in [3.05, 3.63) is 28.8 Å². The molecule has 0 aliphatic rings. The highest BCUT2D eigenvalue weighted by Gasteiger charge is 2.12. The summed E-state index contributed by atoms with van der Waals surface area (Å²) < 4.78 is 22.1. The molecule has 4 nitrogen and oxygen atoms in total. The van der Waals surface area contributed by atoms with Crippen LogP contribution in [-0.4, -0.2) is 22.0 Å². The van der Waals surface area contributed by atoms with Gasteiger partial charge in [-0.05, 0) is 25.2 Å². The predicted molar refractivity (Wildman–Crippen MR) is 63.6 cm³/mol. The Hall–Kier alpha value is -1.06. The van der Waals surface area contributed by atoms with E-state index >= 15 is 0 Å². The second-order valence-electron chi connectivity index (χ2n) is 3.02. The highest BCUT2D eigenvalue weighted by atomic mass is 35.5. The van der Waals surface area contributed by atoms with Crippen LogP contribution in [-0.2, 0) is 10.0 Å². The molecule has 0 aromatic heterocycles. The molecule has 86 valence electrons. The van der Waals surface area contributed by atoms with Crippen LogP contribution >= 0.6 is 11.6 Å². The number of benzene rings is 1. The molecule has 0 aliphatic heterocycles. The molecule has 0 bridgehead atoms. The standard InChI is InChI=1S/C10H11ClN2O2S/c1-13-6-2-3-8-4-5-10(9(11)7-8)16(12,14)15/h4-5,7,13H,6H2,1H3,(H2,12,14,15). The maximum atomic E-state index is 11.1. The van der Waals surface area contributed by atoms with Crippen LogP contribution in [0.2, 0.25) is 5.02 Å². The van der Waals surface area contributed by atoms with E-state index in [-0.39, 0.29) is 9.92 Å². The first kappa shape index (κ1) is 13.0. The van der Waals surface area contributed by atoms with Crippen LogP contribution in [0.3, 0.4) is 0 Å². The monoisotopic (exact) mass is 258 g/mol. The van der Waals surface area contributed by atoms with Crippen molar-refractivity contribution >= 4 is 21.6 Å². The summed E-state index contributed by atoms with van der Waals surface area (Å²) in [4.78, 5) is -0.0895. The van der Waals surface area contributed by atoms with Gasteiger partial charge in [-0.1, -0.05) is 23.4 Å². The lowest BCUT2D eigenvalue weighted by molar-refractivity contribution is 0.598. The second kappa shape index (κ2) is 5.32. The van der Waals surface area contributed by atoms with Gasteiger partial charge in [0.05, 0.1) is 11.6 Å². The van der Waals surface area contributed by atoms with Crippen molar-refractivity contribution in [2.75, 3.05) is 13.6 Å². The van der Waals surface area contributed by atoms with Gasteiger partial charge in [0, 0.05) is 5.56 Å². The Morgan fingerprint density at radius 1 is 1.50 bits per heavy atom. The van der Waals surface area contributed by atoms with E-state index in [4.69, 9.17) is 16.7 Å². The normalized spacial score (nSPS) is 10.7. The lowest BCUT2D eigenvalue weighted by atomic mass is 10.2. The summed E-state index contributed by atoms with van der Waals surface area (Å²) in [5.41, 5.74) is 0.646. The quantitative estimate of drug-likeness (QED) is 0.762. The maximum Gasteiger partial charge on any atom is 0.239 e. The van der Waals surface area contributed by atoms with Gasteiger partial charge in [-0.25, -0.2) is 13.6 Å². The molecule has 3 N–H and O–H groups in total. The molecule has 1 aromatic rings. The summed E-state index contributed by atoms with van der Waals surface area (Å²) in [6.07, 6.45) is 0. The van der Waals surface area contributed by atoms with E-state index in [1.165, 1.54) is 12.1 Å². The average Bonchev–Trinajstić information content (AvgIpc) is 2.16. The smallest absolute Gasteiger partial charge is 0.239 e. The molecule has 0 saturated carbocycles. The molecule has 0 saturated heterocycles. The zero-order valence-corrected chi connectivity index (χ0v) is 10.2. The Bertz CT molecular complexity index is 544. The van der Waals surface area contributed by atoms with Crippen molar-refractivity contribution in [2.24, 2.45) is 5.14 Å². The molecule has 1 rings (SSSR count). The molecule has 0 heterocycles. The Balaban J connectivity index is 3.07. The van der Waals surface area contributed by atoms with Crippen molar-refractivity contribution in [1.29, 1.82) is 0 Å². The highest BCUT2D eigenvalue weighted by Crippen LogP contribution is 2.20. The molecular formula is C10H11ClN2O2S. The van der Waals surface area contributed by atoms with Crippen LogP contribution in [0.4, 0.5) is 0 Å². The van der Waals surface area contributed by atoms with Gasteiger partial charge in [-0.15, -0.1) is 0 Å². The van der Waals surface area contributed by atoms with Gasteiger partial charge >= 0.3 is 0 Å². The lowest BCUT2D eigenvalue weighted by Crippen LogP contribution is -2.12. The third-order valence-electron chi connectivity index (χ3n) is 1.74. The van der Waals surface area contributed by atoms with Crippen molar-refractivity contribution in [1.82, 2.24) is 5.32 Å². The molecule has 0 radical (unpaired) electrons. The molecule has 6 heteroatoms. The number of nitrogens with two attached hydrogens (primary N) is 1. The molecule has 0 unspecified atom stereocenters. The Morgan fingerprint density at radius 3 is 2.69 bits per heavy atom. The molecule has 0 aliphatic carbocycles. The van der Waals surface area contributed by atoms with Gasteiger partial charge in [0.15, 0.2) is 0 Å². The van der Waals surface area contributed by atoms with Gasteiger partial charge in [0.25, 0.3) is 0 Å². The Morgan fingerprint density at radius 2 is 2.19 bits per heavy atom. The van der Waals surface area contributed by atoms with E-state index < -0.39 is 10.0 Å². The van der Waals surface area contributed by atoms with Gasteiger partial charge < -0.3 is 5.32 Å². The van der Waals surface area contributed by atoms with E-state index in [0.717, 1.165) is 0 Å².